The van der Waals surface area contributed by atoms with E-state index < -0.39 is 71.6 Å². The number of methoxy groups -OCH3 is 1. The van der Waals surface area contributed by atoms with Gasteiger partial charge in [0.1, 0.15) is 23.6 Å². The molecule has 12 nitrogen and oxygen atoms in total. The normalized spacial score (nSPS) is 35.5. The first-order valence-electron chi connectivity index (χ1n) is 19.7. The van der Waals surface area contributed by atoms with Crippen molar-refractivity contribution in [2.24, 2.45) is 23.2 Å². The molecule has 6 N–H and O–H groups in total. The number of aliphatic hydroxyl groups excluding tert-OH is 3. The molecule has 292 valence electrons. The predicted octanol–water partition coefficient (Wildman–Crippen LogP) is 3.05. The Morgan fingerprint density at radius 1 is 1.13 bits per heavy atom. The van der Waals surface area contributed by atoms with Crippen LogP contribution in [0.25, 0.3) is 11.3 Å². The van der Waals surface area contributed by atoms with Gasteiger partial charge in [0.25, 0.3) is 0 Å². The van der Waals surface area contributed by atoms with Gasteiger partial charge in [-0.3, -0.25) is 4.79 Å². The van der Waals surface area contributed by atoms with E-state index in [1.807, 2.05) is 6.08 Å². The van der Waals surface area contributed by atoms with E-state index in [-0.39, 0.29) is 30.9 Å². The summed E-state index contributed by atoms with van der Waals surface area (Å²) in [5.74, 6) is -1.83. The van der Waals surface area contributed by atoms with Crippen molar-refractivity contribution < 1.29 is 54.1 Å². The lowest BCUT2D eigenvalue weighted by Gasteiger charge is -2.61. The molecule has 9 atom stereocenters. The second-order valence-corrected chi connectivity index (χ2v) is 16.5. The van der Waals surface area contributed by atoms with Crippen LogP contribution in [0.2, 0.25) is 0 Å². The minimum atomic E-state index is -1.98. The van der Waals surface area contributed by atoms with Gasteiger partial charge in [-0.2, -0.15) is 0 Å². The summed E-state index contributed by atoms with van der Waals surface area (Å²) in [5, 5.41) is 57.6. The van der Waals surface area contributed by atoms with Gasteiger partial charge in [0, 0.05) is 46.8 Å². The lowest BCUT2D eigenvalue weighted by Crippen LogP contribution is -2.78. The van der Waals surface area contributed by atoms with E-state index in [1.54, 1.807) is 6.08 Å². The van der Waals surface area contributed by atoms with Gasteiger partial charge in [-0.15, -0.1) is 6.58 Å². The monoisotopic (exact) mass is 739 g/mol. The molecule has 2 aliphatic heterocycles. The number of aliphatic hydroxyl groups is 4. The highest BCUT2D eigenvalue weighted by Crippen LogP contribution is 2.57. The Kier molecular flexibility index (Phi) is 10.8. The zero-order chi connectivity index (χ0) is 37.7. The molecule has 9 unspecified atom stereocenters. The summed E-state index contributed by atoms with van der Waals surface area (Å²) in [7, 11) is 1.27. The van der Waals surface area contributed by atoms with E-state index in [2.05, 4.69) is 24.6 Å². The number of carboxylic acid groups (broad SMARTS) is 1. The number of aromatic nitrogens is 1. The van der Waals surface area contributed by atoms with E-state index in [1.165, 1.54) is 39.2 Å². The number of hydrogen-bond donors (Lipinski definition) is 6. The Bertz CT molecular complexity index is 1720. The number of ether oxygens (including phenoxy) is 4. The number of H-pyrrole nitrogens is 1. The lowest BCUT2D eigenvalue weighted by molar-refractivity contribution is -0.378. The minimum Gasteiger partial charge on any atom is -0.481 e. The van der Waals surface area contributed by atoms with Crippen LogP contribution in [0.3, 0.4) is 0 Å². The second-order valence-electron chi connectivity index (χ2n) is 16.5. The van der Waals surface area contributed by atoms with Gasteiger partial charge < -0.3 is 49.5 Å². The molecule has 4 aliphatic carbocycles. The molecular weight excluding hydrogens is 682 g/mol. The zero-order valence-electron chi connectivity index (χ0n) is 31.1. The van der Waals surface area contributed by atoms with Gasteiger partial charge >= 0.3 is 11.9 Å². The summed E-state index contributed by atoms with van der Waals surface area (Å²) < 4.78 is 25.4. The number of fused-ring (bicyclic) bond motifs is 2. The van der Waals surface area contributed by atoms with E-state index in [4.69, 9.17) is 18.9 Å². The van der Waals surface area contributed by atoms with Crippen LogP contribution in [-0.4, -0.2) is 98.6 Å². The second kappa shape index (κ2) is 14.9. The number of aromatic amines is 1. The first-order chi connectivity index (χ1) is 25.5. The number of carbonyl (C=O) groups is 2. The Labute approximate surface area is 310 Å². The Hall–Kier alpha value is -3.00. The van der Waals surface area contributed by atoms with Crippen molar-refractivity contribution >= 4 is 23.3 Å². The van der Waals surface area contributed by atoms with Crippen molar-refractivity contribution in [3.05, 3.63) is 46.6 Å². The quantitative estimate of drug-likeness (QED) is 0.137. The van der Waals surface area contributed by atoms with Gasteiger partial charge in [-0.05, 0) is 68.4 Å². The maximum absolute atomic E-state index is 13.1. The standard InChI is InChI=1S/C41H57NO11/c1-4-25-26(20-33(45)46)28(36(47)50-3)21-39(15-8-9-16-39)35(25)52-38-40(49)17-14-29-27-19-30(23(2)24-11-6-5-7-12-24)42-34(27)31(13-10-18-43)53-41(29,37(40)48)32(22-44)51-38/h4,19,21,23-26,32,35,37-38,42-44,48-49H,1,5-18,20,22H2,2-3H3,(H,45,46). The fraction of sp³-hybridized carbons (Fsp3) is 0.707. The molecule has 0 amide bonds. The molecule has 3 heterocycles. The van der Waals surface area contributed by atoms with Crippen molar-refractivity contribution in [1.82, 2.24) is 4.98 Å². The van der Waals surface area contributed by atoms with Crippen molar-refractivity contribution in [2.75, 3.05) is 20.3 Å². The fourth-order valence-electron chi connectivity index (χ4n) is 10.9. The van der Waals surface area contributed by atoms with Crippen molar-refractivity contribution in [2.45, 2.75) is 139 Å². The third-order valence-electron chi connectivity index (χ3n) is 13.7. The minimum absolute atomic E-state index is 0.0667. The van der Waals surface area contributed by atoms with Crippen LogP contribution in [0.1, 0.15) is 108 Å². The highest BCUT2D eigenvalue weighted by Gasteiger charge is 2.70. The molecule has 1 aromatic rings. The molecule has 0 aromatic carbocycles. The van der Waals surface area contributed by atoms with Crippen LogP contribution in [0.4, 0.5) is 0 Å². The number of carboxylic acids is 1. The SMILES string of the molecule is C=CC1C(CC(=O)O)C(C(=O)OC)=CC2(CCCC2)C1OC1OC(CO)C23OC(CCCO)=c4[nH]c(C(C)C5CCCCC5)cc4=C2CCC1(O)C3O. The third kappa shape index (κ3) is 6.21. The summed E-state index contributed by atoms with van der Waals surface area (Å²) >= 11 is 0. The molecule has 6 aliphatic rings. The molecule has 1 saturated heterocycles. The van der Waals surface area contributed by atoms with Gasteiger partial charge in [0.05, 0.1) is 31.6 Å². The van der Waals surface area contributed by atoms with E-state index in [0.29, 0.717) is 43.8 Å². The van der Waals surface area contributed by atoms with Crippen LogP contribution >= 0.6 is 0 Å². The number of aliphatic carboxylic acids is 1. The van der Waals surface area contributed by atoms with Gasteiger partial charge in [0.15, 0.2) is 11.9 Å². The van der Waals surface area contributed by atoms with E-state index in [0.717, 1.165) is 34.7 Å². The average Bonchev–Trinajstić information content (AvgIpc) is 3.82. The predicted molar refractivity (Wildman–Crippen MR) is 193 cm³/mol. The molecule has 53 heavy (non-hydrogen) atoms. The maximum atomic E-state index is 13.1. The molecule has 2 spiro atoms. The number of hydrogen-bond acceptors (Lipinski definition) is 10. The largest absolute Gasteiger partial charge is 0.481 e. The first-order valence-corrected chi connectivity index (χ1v) is 19.7. The van der Waals surface area contributed by atoms with Crippen molar-refractivity contribution in [3.63, 3.8) is 0 Å². The van der Waals surface area contributed by atoms with Gasteiger partial charge in [-0.1, -0.05) is 51.2 Å². The molecule has 1 aromatic heterocycles. The van der Waals surface area contributed by atoms with Crippen molar-refractivity contribution in [1.29, 1.82) is 0 Å². The van der Waals surface area contributed by atoms with Crippen LogP contribution in [0.15, 0.2) is 30.4 Å². The summed E-state index contributed by atoms with van der Waals surface area (Å²) in [6, 6.07) is 2.15. The topological polar surface area (TPSA) is 188 Å². The lowest BCUT2D eigenvalue weighted by atomic mass is 9.62. The zero-order valence-corrected chi connectivity index (χ0v) is 31.1. The van der Waals surface area contributed by atoms with E-state index in [9.17, 15) is 35.1 Å². The summed E-state index contributed by atoms with van der Waals surface area (Å²) in [6.45, 7) is 5.68. The Morgan fingerprint density at radius 3 is 2.51 bits per heavy atom. The number of rotatable bonds is 12. The molecular formula is C41H57NO11. The van der Waals surface area contributed by atoms with Crippen LogP contribution < -0.4 is 10.6 Å². The third-order valence-corrected chi connectivity index (χ3v) is 13.7. The smallest absolute Gasteiger partial charge is 0.333 e. The molecule has 4 fully saturated rings. The maximum Gasteiger partial charge on any atom is 0.333 e. The number of carbonyl (C=O) groups excluding carboxylic acids is 1. The Balaban J connectivity index is 1.29. The average molecular weight is 740 g/mol. The molecule has 0 radical (unpaired) electrons. The van der Waals surface area contributed by atoms with E-state index >= 15 is 0 Å². The van der Waals surface area contributed by atoms with Gasteiger partial charge in [0.2, 0.25) is 0 Å². The van der Waals surface area contributed by atoms with Crippen molar-refractivity contribution in [3.8, 4) is 0 Å². The first kappa shape index (κ1) is 38.3. The summed E-state index contributed by atoms with van der Waals surface area (Å²) in [6.07, 6.45) is 8.33. The molecule has 2 bridgehead atoms. The molecule has 12 heteroatoms. The molecule has 7 rings (SSSR count). The van der Waals surface area contributed by atoms with Crippen LogP contribution in [0, 0.1) is 23.2 Å². The Morgan fingerprint density at radius 2 is 1.87 bits per heavy atom. The summed E-state index contributed by atoms with van der Waals surface area (Å²) in [4.78, 5) is 28.9. The highest BCUT2D eigenvalue weighted by molar-refractivity contribution is 5.90. The molecule has 3 saturated carbocycles. The van der Waals surface area contributed by atoms with Crippen LogP contribution in [-0.2, 0) is 28.5 Å². The number of nitrogens with one attached hydrogen (secondary N) is 1. The fourth-order valence-corrected chi connectivity index (χ4v) is 10.9. The highest BCUT2D eigenvalue weighted by atomic mass is 16.7. The summed E-state index contributed by atoms with van der Waals surface area (Å²) in [5.41, 5.74) is -2.23. The van der Waals surface area contributed by atoms with Crippen LogP contribution in [0.5, 0.6) is 0 Å². The number of esters is 1. The van der Waals surface area contributed by atoms with Gasteiger partial charge in [-0.25, -0.2) is 4.79 Å².